The number of aromatic nitrogens is 1. The second-order valence-corrected chi connectivity index (χ2v) is 12.1. The van der Waals surface area contributed by atoms with E-state index in [1.165, 1.54) is 6.07 Å². The number of hydrogen-bond donors (Lipinski definition) is 7. The largest absolute Gasteiger partial charge is 0.508 e. The van der Waals surface area contributed by atoms with Crippen molar-refractivity contribution in [3.63, 3.8) is 0 Å². The normalized spacial score (nSPS) is 12.4. The maximum atomic E-state index is 12.4. The number of amides is 1. The molecule has 0 fully saturated rings. The van der Waals surface area contributed by atoms with Crippen LogP contribution in [0.25, 0.3) is 22.2 Å². The van der Waals surface area contributed by atoms with Crippen LogP contribution in [-0.4, -0.2) is 45.7 Å². The van der Waals surface area contributed by atoms with Crippen molar-refractivity contribution in [3.05, 3.63) is 42.0 Å². The third-order valence-electron chi connectivity index (χ3n) is 5.78. The molecule has 0 spiro atoms. The lowest BCUT2D eigenvalue weighted by Crippen LogP contribution is -2.16. The molecule has 0 bridgehead atoms. The molecule has 0 saturated heterocycles. The smallest absolute Gasteiger partial charge is 0.340 e. The van der Waals surface area contributed by atoms with Crippen molar-refractivity contribution in [1.29, 1.82) is 0 Å². The van der Waals surface area contributed by atoms with E-state index in [-0.39, 0.29) is 17.2 Å². The Hall–Kier alpha value is -2.65. The number of phenols is 2. The van der Waals surface area contributed by atoms with E-state index >= 15 is 0 Å². The predicted octanol–water partition coefficient (Wildman–Crippen LogP) is 3.70. The highest BCUT2D eigenvalue weighted by Gasteiger charge is 2.43. The molecule has 0 unspecified atom stereocenters. The number of benzene rings is 2. The summed E-state index contributed by atoms with van der Waals surface area (Å²) >= 11 is 0. The molecule has 0 aliphatic heterocycles. The van der Waals surface area contributed by atoms with E-state index in [0.717, 1.165) is 27.7 Å². The van der Waals surface area contributed by atoms with Crippen LogP contribution in [0.4, 0.5) is 5.69 Å². The highest BCUT2D eigenvalue weighted by Crippen LogP contribution is 2.61. The first-order chi connectivity index (χ1) is 16.3. The number of carbonyl (C=O) groups is 1. The minimum Gasteiger partial charge on any atom is -0.508 e. The zero-order valence-corrected chi connectivity index (χ0v) is 20.9. The summed E-state index contributed by atoms with van der Waals surface area (Å²) in [4.78, 5) is 49.3. The van der Waals surface area contributed by atoms with Gasteiger partial charge >= 0.3 is 15.2 Å². The Bertz CT molecular complexity index is 1320. The van der Waals surface area contributed by atoms with E-state index in [0.29, 0.717) is 13.0 Å². The van der Waals surface area contributed by atoms with Crippen LogP contribution >= 0.6 is 15.2 Å². The third kappa shape index (κ3) is 5.78. The molecule has 2 aromatic carbocycles. The Morgan fingerprint density at radius 2 is 1.60 bits per heavy atom. The molecule has 1 aromatic heterocycles. The monoisotopic (exact) mass is 526 g/mol. The first-order valence-electron chi connectivity index (χ1n) is 10.9. The lowest BCUT2D eigenvalue weighted by atomic mass is 10.0. The molecule has 0 aliphatic rings. The van der Waals surface area contributed by atoms with Crippen molar-refractivity contribution in [3.8, 4) is 22.8 Å². The molecule has 190 valence electrons. The third-order valence-corrected chi connectivity index (χ3v) is 9.65. The molecule has 7 N–H and O–H groups in total. The summed E-state index contributed by atoms with van der Waals surface area (Å²) in [5.41, 5.74) is 3.51. The van der Waals surface area contributed by atoms with E-state index in [4.69, 9.17) is 0 Å². The van der Waals surface area contributed by atoms with Gasteiger partial charge in [0.2, 0.25) is 5.91 Å². The number of anilines is 1. The standard InChI is InChI=1S/C22H28N2O9P2/c1-3-15-16-11-19(26)17(23-20(27)9-10-21(34(28,29)30)35(31,32)33)12-18(16)24(4-2)22(15)13-5-7-14(25)8-6-13/h5-8,11-12,21,25-26H,3-4,9-10H2,1-2H3,(H,23,27)(H2,28,29,30)(H2,31,32,33). The number of aromatic hydroxyl groups is 2. The number of fused-ring (bicyclic) bond motifs is 1. The van der Waals surface area contributed by atoms with Crippen LogP contribution < -0.4 is 5.32 Å². The van der Waals surface area contributed by atoms with Crippen LogP contribution in [0, 0.1) is 0 Å². The van der Waals surface area contributed by atoms with Gasteiger partial charge in [0.25, 0.3) is 0 Å². The van der Waals surface area contributed by atoms with Gasteiger partial charge in [0.05, 0.1) is 16.9 Å². The van der Waals surface area contributed by atoms with Crippen molar-refractivity contribution in [1.82, 2.24) is 4.57 Å². The van der Waals surface area contributed by atoms with Gasteiger partial charge in [-0.3, -0.25) is 13.9 Å². The zero-order chi connectivity index (χ0) is 26.1. The van der Waals surface area contributed by atoms with Crippen LogP contribution in [0.2, 0.25) is 0 Å². The number of aryl methyl sites for hydroxylation is 2. The molecule has 0 atom stereocenters. The van der Waals surface area contributed by atoms with Gasteiger partial charge in [0, 0.05) is 18.4 Å². The summed E-state index contributed by atoms with van der Waals surface area (Å²) < 4.78 is 24.9. The van der Waals surface area contributed by atoms with E-state index in [1.54, 1.807) is 30.3 Å². The fourth-order valence-electron chi connectivity index (χ4n) is 4.19. The van der Waals surface area contributed by atoms with Crippen molar-refractivity contribution < 1.29 is 43.7 Å². The van der Waals surface area contributed by atoms with Crippen molar-refractivity contribution in [2.24, 2.45) is 0 Å². The van der Waals surface area contributed by atoms with Gasteiger partial charge in [0.1, 0.15) is 11.5 Å². The minimum atomic E-state index is -5.14. The molecule has 3 aromatic rings. The maximum Gasteiger partial charge on any atom is 0.340 e. The van der Waals surface area contributed by atoms with E-state index in [9.17, 15) is 43.7 Å². The lowest BCUT2D eigenvalue weighted by Gasteiger charge is -2.19. The van der Waals surface area contributed by atoms with Gasteiger partial charge in [-0.05, 0) is 67.3 Å². The van der Waals surface area contributed by atoms with Crippen LogP contribution in [0.15, 0.2) is 36.4 Å². The molecule has 0 aliphatic carbocycles. The van der Waals surface area contributed by atoms with Gasteiger partial charge < -0.3 is 39.7 Å². The number of hydrogen-bond acceptors (Lipinski definition) is 5. The second-order valence-electron chi connectivity index (χ2n) is 8.10. The second kappa shape index (κ2) is 10.1. The van der Waals surface area contributed by atoms with Crippen LogP contribution in [0.1, 0.15) is 32.3 Å². The fourth-order valence-corrected chi connectivity index (χ4v) is 6.69. The summed E-state index contributed by atoms with van der Waals surface area (Å²) in [6.45, 7) is 4.49. The number of nitrogens with zero attached hydrogens (tertiary/aromatic N) is 1. The number of nitrogens with one attached hydrogen (secondary N) is 1. The molecular weight excluding hydrogens is 498 g/mol. The van der Waals surface area contributed by atoms with Gasteiger partial charge in [-0.2, -0.15) is 0 Å². The molecule has 1 heterocycles. The average Bonchev–Trinajstić information content (AvgIpc) is 3.04. The van der Waals surface area contributed by atoms with Gasteiger partial charge in [-0.25, -0.2) is 0 Å². The molecule has 13 heteroatoms. The summed E-state index contributed by atoms with van der Waals surface area (Å²) in [5.74, 6) is -0.864. The number of rotatable bonds is 9. The molecule has 3 rings (SSSR count). The maximum absolute atomic E-state index is 12.4. The summed E-state index contributed by atoms with van der Waals surface area (Å²) in [6.07, 6.45) is -0.664. The van der Waals surface area contributed by atoms with E-state index in [1.807, 2.05) is 18.4 Å². The van der Waals surface area contributed by atoms with Crippen molar-refractivity contribution >= 4 is 37.7 Å². The summed E-state index contributed by atoms with van der Waals surface area (Å²) in [6, 6.07) is 9.84. The van der Waals surface area contributed by atoms with Gasteiger partial charge in [-0.15, -0.1) is 0 Å². The molecule has 11 nitrogen and oxygen atoms in total. The van der Waals surface area contributed by atoms with Crippen LogP contribution in [0.3, 0.4) is 0 Å². The van der Waals surface area contributed by atoms with Crippen LogP contribution in [-0.2, 0) is 26.9 Å². The van der Waals surface area contributed by atoms with Crippen LogP contribution in [0.5, 0.6) is 11.5 Å². The Balaban J connectivity index is 1.97. The Kier molecular flexibility index (Phi) is 7.81. The Labute approximate surface area is 201 Å². The SMILES string of the molecule is CCc1c(-c2ccc(O)cc2)n(CC)c2cc(NC(=O)CCC(P(=O)(O)O)P(=O)(O)O)c(O)cc12. The fraction of sp³-hybridized carbons (Fsp3) is 0.318. The van der Waals surface area contributed by atoms with E-state index < -0.39 is 39.3 Å². The van der Waals surface area contributed by atoms with Crippen molar-refractivity contribution in [2.75, 3.05) is 5.32 Å². The predicted molar refractivity (Wildman–Crippen MR) is 131 cm³/mol. The molecule has 0 saturated carbocycles. The van der Waals surface area contributed by atoms with Crippen molar-refractivity contribution in [2.45, 2.75) is 45.1 Å². The molecule has 0 radical (unpaired) electrons. The van der Waals surface area contributed by atoms with E-state index in [2.05, 4.69) is 5.32 Å². The highest BCUT2D eigenvalue weighted by atomic mass is 31.2. The van der Waals surface area contributed by atoms with Gasteiger partial charge in [-0.1, -0.05) is 6.92 Å². The minimum absolute atomic E-state index is 0.0542. The summed E-state index contributed by atoms with van der Waals surface area (Å²) in [5, 5.41) is 21.2. The first-order valence-corrected chi connectivity index (χ1v) is 14.2. The molecule has 35 heavy (non-hydrogen) atoms. The quantitative estimate of drug-likeness (QED) is 0.161. The summed E-state index contributed by atoms with van der Waals surface area (Å²) in [7, 11) is -10.3. The zero-order valence-electron chi connectivity index (χ0n) is 19.1. The molecular formula is C22H28N2O9P2. The molecule has 1 amide bonds. The topological polar surface area (TPSA) is 190 Å². The average molecular weight is 526 g/mol. The lowest BCUT2D eigenvalue weighted by molar-refractivity contribution is -0.116. The first kappa shape index (κ1) is 26.9. The highest BCUT2D eigenvalue weighted by molar-refractivity contribution is 7.70. The number of phenolic OH excluding ortho intramolecular Hbond substituents is 2. The van der Waals surface area contributed by atoms with Gasteiger partial charge in [0.15, 0.2) is 5.40 Å². The Morgan fingerprint density at radius 3 is 2.11 bits per heavy atom. The number of carbonyl (C=O) groups excluding carboxylic acids is 1. The Morgan fingerprint density at radius 1 is 1.00 bits per heavy atom.